The molecule has 23 heavy (non-hydrogen) atoms. The van der Waals surface area contributed by atoms with Crippen LogP contribution in [0.4, 0.5) is 0 Å². The van der Waals surface area contributed by atoms with E-state index in [1.165, 1.54) is 6.07 Å². The summed E-state index contributed by atoms with van der Waals surface area (Å²) in [5, 5.41) is 3.05. The van der Waals surface area contributed by atoms with Crippen molar-refractivity contribution in [1.29, 1.82) is 0 Å². The van der Waals surface area contributed by atoms with E-state index in [2.05, 4.69) is 10.0 Å². The summed E-state index contributed by atoms with van der Waals surface area (Å²) in [7, 11) is -2.08. The highest BCUT2D eigenvalue weighted by Crippen LogP contribution is 2.17. The van der Waals surface area contributed by atoms with Gasteiger partial charge >= 0.3 is 5.97 Å². The topological polar surface area (TPSA) is 93.7 Å². The molecular formula is C15H24N2O5S. The van der Waals surface area contributed by atoms with Crippen LogP contribution in [0.1, 0.15) is 22.8 Å². The van der Waals surface area contributed by atoms with Crippen molar-refractivity contribution in [2.45, 2.75) is 18.7 Å². The van der Waals surface area contributed by atoms with Gasteiger partial charge in [-0.3, -0.25) is 0 Å². The minimum Gasteiger partial charge on any atom is -0.462 e. The molecule has 0 bridgehead atoms. The largest absolute Gasteiger partial charge is 0.462 e. The number of sulfonamides is 1. The predicted molar refractivity (Wildman–Crippen MR) is 87.1 cm³/mol. The molecule has 0 saturated carbocycles. The Labute approximate surface area is 137 Å². The van der Waals surface area contributed by atoms with Crippen molar-refractivity contribution >= 4 is 16.0 Å². The summed E-state index contributed by atoms with van der Waals surface area (Å²) in [4.78, 5) is 11.8. The molecule has 0 spiro atoms. The fraction of sp³-hybridized carbons (Fsp3) is 0.533. The summed E-state index contributed by atoms with van der Waals surface area (Å²) >= 11 is 0. The molecule has 1 rings (SSSR count). The average Bonchev–Trinajstić information content (AvgIpc) is 2.51. The summed E-state index contributed by atoms with van der Waals surface area (Å²) in [5.74, 6) is -0.537. The van der Waals surface area contributed by atoms with Gasteiger partial charge < -0.3 is 14.8 Å². The van der Waals surface area contributed by atoms with Gasteiger partial charge in [0.25, 0.3) is 0 Å². The van der Waals surface area contributed by atoms with E-state index in [1.54, 1.807) is 33.1 Å². The van der Waals surface area contributed by atoms with E-state index in [0.29, 0.717) is 25.3 Å². The third-order valence-corrected chi connectivity index (χ3v) is 4.67. The zero-order valence-corrected chi connectivity index (χ0v) is 14.5. The van der Waals surface area contributed by atoms with Crippen LogP contribution < -0.4 is 10.0 Å². The summed E-state index contributed by atoms with van der Waals surface area (Å²) in [6.45, 7) is 5.56. The second kappa shape index (κ2) is 9.61. The van der Waals surface area contributed by atoms with E-state index < -0.39 is 16.0 Å². The van der Waals surface area contributed by atoms with E-state index >= 15 is 0 Å². The first-order valence-corrected chi connectivity index (χ1v) is 8.87. The summed E-state index contributed by atoms with van der Waals surface area (Å²) < 4.78 is 37.0. The standard InChI is InChI=1S/C15H24N2O5S/c1-4-22-15(18)13-6-5-12(2)14(11-13)23(19,20)17-8-7-16-9-10-21-3/h5-6,11,16-17H,4,7-10H2,1-3H3. The zero-order valence-electron chi connectivity index (χ0n) is 13.7. The van der Waals surface area contributed by atoms with Crippen LogP contribution in [0.25, 0.3) is 0 Å². The smallest absolute Gasteiger partial charge is 0.338 e. The van der Waals surface area contributed by atoms with Crippen molar-refractivity contribution in [3.8, 4) is 0 Å². The number of rotatable bonds is 10. The van der Waals surface area contributed by atoms with Gasteiger partial charge in [0.05, 0.1) is 23.7 Å². The number of nitrogens with one attached hydrogen (secondary N) is 2. The predicted octanol–water partition coefficient (Wildman–Crippen LogP) is 0.686. The highest BCUT2D eigenvalue weighted by Gasteiger charge is 2.19. The van der Waals surface area contributed by atoms with Crippen molar-refractivity contribution in [1.82, 2.24) is 10.0 Å². The molecule has 0 fully saturated rings. The molecule has 8 heteroatoms. The number of carbonyl (C=O) groups is 1. The first-order valence-electron chi connectivity index (χ1n) is 7.39. The van der Waals surface area contributed by atoms with Gasteiger partial charge in [-0.05, 0) is 31.5 Å². The molecule has 0 aliphatic rings. The number of hydrogen-bond acceptors (Lipinski definition) is 6. The molecule has 0 unspecified atom stereocenters. The highest BCUT2D eigenvalue weighted by atomic mass is 32.2. The number of methoxy groups -OCH3 is 1. The molecular weight excluding hydrogens is 320 g/mol. The lowest BCUT2D eigenvalue weighted by Crippen LogP contribution is -2.33. The Morgan fingerprint density at radius 1 is 1.22 bits per heavy atom. The third-order valence-electron chi connectivity index (χ3n) is 3.07. The zero-order chi connectivity index (χ0) is 17.3. The lowest BCUT2D eigenvalue weighted by molar-refractivity contribution is 0.0526. The molecule has 0 heterocycles. The fourth-order valence-electron chi connectivity index (χ4n) is 1.88. The van der Waals surface area contributed by atoms with Gasteiger partial charge in [-0.1, -0.05) is 6.07 Å². The molecule has 0 aliphatic carbocycles. The number of hydrogen-bond donors (Lipinski definition) is 2. The summed E-state index contributed by atoms with van der Waals surface area (Å²) in [6, 6.07) is 4.49. The monoisotopic (exact) mass is 344 g/mol. The minimum absolute atomic E-state index is 0.0833. The Hall–Kier alpha value is -1.48. The molecule has 7 nitrogen and oxygen atoms in total. The van der Waals surface area contributed by atoms with Crippen LogP contribution >= 0.6 is 0 Å². The fourth-order valence-corrected chi connectivity index (χ4v) is 3.18. The number of ether oxygens (including phenoxy) is 2. The van der Waals surface area contributed by atoms with Gasteiger partial charge in [0.1, 0.15) is 0 Å². The van der Waals surface area contributed by atoms with Crippen molar-refractivity contribution in [2.24, 2.45) is 0 Å². The van der Waals surface area contributed by atoms with Gasteiger partial charge in [-0.15, -0.1) is 0 Å². The normalized spacial score (nSPS) is 11.4. The first-order chi connectivity index (χ1) is 10.9. The van der Waals surface area contributed by atoms with Gasteiger partial charge in [0.2, 0.25) is 10.0 Å². The van der Waals surface area contributed by atoms with Crippen molar-refractivity contribution in [3.63, 3.8) is 0 Å². The molecule has 2 N–H and O–H groups in total. The van der Waals surface area contributed by atoms with Crippen LogP contribution in [0, 0.1) is 6.92 Å². The van der Waals surface area contributed by atoms with E-state index in [4.69, 9.17) is 9.47 Å². The van der Waals surface area contributed by atoms with Crippen LogP contribution in [0.2, 0.25) is 0 Å². The molecule has 130 valence electrons. The van der Waals surface area contributed by atoms with Crippen LogP contribution in [-0.4, -0.2) is 54.3 Å². The molecule has 0 saturated heterocycles. The Morgan fingerprint density at radius 2 is 1.96 bits per heavy atom. The molecule has 0 aromatic heterocycles. The van der Waals surface area contributed by atoms with Gasteiger partial charge in [0, 0.05) is 26.7 Å². The van der Waals surface area contributed by atoms with E-state index in [1.807, 2.05) is 0 Å². The Bertz CT molecular complexity index is 616. The highest BCUT2D eigenvalue weighted by molar-refractivity contribution is 7.89. The summed E-state index contributed by atoms with van der Waals surface area (Å²) in [6.07, 6.45) is 0. The van der Waals surface area contributed by atoms with E-state index in [-0.39, 0.29) is 23.6 Å². The molecule has 1 aromatic carbocycles. The van der Waals surface area contributed by atoms with Crippen LogP contribution in [0.3, 0.4) is 0 Å². The Balaban J connectivity index is 2.75. The van der Waals surface area contributed by atoms with Crippen molar-refractivity contribution < 1.29 is 22.7 Å². The second-order valence-corrected chi connectivity index (χ2v) is 6.58. The summed E-state index contributed by atoms with van der Waals surface area (Å²) in [5.41, 5.74) is 0.786. The lowest BCUT2D eigenvalue weighted by atomic mass is 10.1. The second-order valence-electron chi connectivity index (χ2n) is 4.84. The Kier molecular flexibility index (Phi) is 8.18. The van der Waals surface area contributed by atoms with E-state index in [0.717, 1.165) is 0 Å². The van der Waals surface area contributed by atoms with Crippen LogP contribution in [-0.2, 0) is 19.5 Å². The van der Waals surface area contributed by atoms with E-state index in [9.17, 15) is 13.2 Å². The number of carbonyl (C=O) groups excluding carboxylic acids is 1. The molecule has 0 amide bonds. The van der Waals surface area contributed by atoms with Gasteiger partial charge in [-0.2, -0.15) is 0 Å². The van der Waals surface area contributed by atoms with Crippen molar-refractivity contribution in [2.75, 3.05) is 40.0 Å². The van der Waals surface area contributed by atoms with Gasteiger partial charge in [0.15, 0.2) is 0 Å². The maximum atomic E-state index is 12.4. The Morgan fingerprint density at radius 3 is 2.61 bits per heavy atom. The molecule has 1 aromatic rings. The third kappa shape index (κ3) is 6.26. The SMILES string of the molecule is CCOC(=O)c1ccc(C)c(S(=O)(=O)NCCNCCOC)c1. The number of aryl methyl sites for hydroxylation is 1. The maximum Gasteiger partial charge on any atom is 0.338 e. The molecule has 0 aliphatic heterocycles. The molecule has 0 atom stereocenters. The van der Waals surface area contributed by atoms with Crippen LogP contribution in [0.15, 0.2) is 23.1 Å². The van der Waals surface area contributed by atoms with Crippen LogP contribution in [0.5, 0.6) is 0 Å². The molecule has 0 radical (unpaired) electrons. The quantitative estimate of drug-likeness (QED) is 0.479. The van der Waals surface area contributed by atoms with Gasteiger partial charge in [-0.25, -0.2) is 17.9 Å². The number of esters is 1. The minimum atomic E-state index is -3.68. The lowest BCUT2D eigenvalue weighted by Gasteiger charge is -2.11. The number of benzene rings is 1. The maximum absolute atomic E-state index is 12.4. The first kappa shape index (κ1) is 19.6. The van der Waals surface area contributed by atoms with Crippen molar-refractivity contribution in [3.05, 3.63) is 29.3 Å². The average molecular weight is 344 g/mol.